The van der Waals surface area contributed by atoms with Gasteiger partial charge in [0.15, 0.2) is 6.61 Å². The second-order valence-corrected chi connectivity index (χ2v) is 11.9. The van der Waals surface area contributed by atoms with Crippen molar-refractivity contribution >= 4 is 39.0 Å². The number of anilines is 2. The third-order valence-corrected chi connectivity index (χ3v) is 7.25. The summed E-state index contributed by atoms with van der Waals surface area (Å²) in [7, 11) is -3.49. The Kier molecular flexibility index (Phi) is 13.1. The molecular weight excluding hydrogens is 619 g/mol. The molecule has 240 valence electrons. The zero-order chi connectivity index (χ0) is 33.0. The summed E-state index contributed by atoms with van der Waals surface area (Å²) < 4.78 is 57.4. The van der Waals surface area contributed by atoms with E-state index in [0.717, 1.165) is 17.5 Å². The predicted molar refractivity (Wildman–Crippen MR) is 177 cm³/mol. The number of ether oxygens (including phenoxy) is 3. The zero-order valence-electron chi connectivity index (χ0n) is 26.0. The Labute approximate surface area is 269 Å². The number of esters is 1. The van der Waals surface area contributed by atoms with Gasteiger partial charge in [0.25, 0.3) is 0 Å². The van der Waals surface area contributed by atoms with E-state index in [0.29, 0.717) is 39.9 Å². The fraction of sp³-hybridized carbons (Fsp3) is 0.265. The first kappa shape index (κ1) is 35.2. The Morgan fingerprint density at radius 1 is 0.933 bits per heavy atom. The second kappa shape index (κ2) is 16.7. The fourth-order valence-corrected chi connectivity index (χ4v) is 5.14. The van der Waals surface area contributed by atoms with E-state index in [9.17, 15) is 17.6 Å². The maximum atomic E-state index is 14.7. The maximum Gasteiger partial charge on any atom is 0.344 e. The molecule has 0 bridgehead atoms. The molecule has 0 saturated carbocycles. The lowest BCUT2D eigenvalue weighted by Crippen LogP contribution is -2.24. The molecule has 0 atom stereocenters. The van der Waals surface area contributed by atoms with Gasteiger partial charge in [0.1, 0.15) is 23.1 Å². The van der Waals surface area contributed by atoms with E-state index in [1.165, 1.54) is 6.07 Å². The molecule has 0 aromatic heterocycles. The minimum Gasteiger partial charge on any atom is -0.480 e. The van der Waals surface area contributed by atoms with Gasteiger partial charge in [-0.1, -0.05) is 61.8 Å². The molecule has 45 heavy (non-hydrogen) atoms. The Morgan fingerprint density at radius 3 is 2.29 bits per heavy atom. The van der Waals surface area contributed by atoms with Crippen LogP contribution in [0.4, 0.5) is 15.8 Å². The van der Waals surface area contributed by atoms with Gasteiger partial charge in [-0.25, -0.2) is 17.6 Å². The third kappa shape index (κ3) is 10.7. The Hall–Kier alpha value is -4.28. The van der Waals surface area contributed by atoms with Crippen LogP contribution in [0.5, 0.6) is 17.2 Å². The maximum absolute atomic E-state index is 14.7. The van der Waals surface area contributed by atoms with Crippen LogP contribution in [0.3, 0.4) is 0 Å². The molecule has 1 N–H and O–H groups in total. The van der Waals surface area contributed by atoms with Gasteiger partial charge in [0.2, 0.25) is 10.0 Å². The number of halogens is 2. The summed E-state index contributed by atoms with van der Waals surface area (Å²) in [4.78, 5) is 13.6. The highest BCUT2D eigenvalue weighted by Crippen LogP contribution is 2.33. The van der Waals surface area contributed by atoms with Crippen LogP contribution in [0.2, 0.25) is 5.02 Å². The van der Waals surface area contributed by atoms with Crippen molar-refractivity contribution < 1.29 is 31.8 Å². The number of nitrogens with one attached hydrogen (secondary N) is 1. The summed E-state index contributed by atoms with van der Waals surface area (Å²) in [5, 5.41) is 0.327. The van der Waals surface area contributed by atoms with Crippen LogP contribution in [0.1, 0.15) is 37.5 Å². The summed E-state index contributed by atoms with van der Waals surface area (Å²) >= 11 is 6.21. The topological polar surface area (TPSA) is 94.2 Å². The van der Waals surface area contributed by atoms with E-state index in [4.69, 9.17) is 25.8 Å². The first-order valence-corrected chi connectivity index (χ1v) is 16.7. The molecule has 0 radical (unpaired) electrons. The molecule has 4 rings (SSSR count). The summed E-state index contributed by atoms with van der Waals surface area (Å²) in [5.74, 6) is 0.475. The largest absolute Gasteiger partial charge is 0.480 e. The van der Waals surface area contributed by atoms with Gasteiger partial charge in [-0.3, -0.25) is 4.72 Å². The molecule has 0 saturated heterocycles. The van der Waals surface area contributed by atoms with E-state index >= 15 is 0 Å². The average Bonchev–Trinajstić information content (AvgIpc) is 3.01. The highest BCUT2D eigenvalue weighted by Gasteiger charge is 2.17. The summed E-state index contributed by atoms with van der Waals surface area (Å²) in [6, 6.07) is 24.2. The van der Waals surface area contributed by atoms with E-state index in [2.05, 4.69) is 4.72 Å². The molecule has 0 amide bonds. The summed E-state index contributed by atoms with van der Waals surface area (Å²) in [6.07, 6.45) is 1.10. The minimum atomic E-state index is -3.49. The number of sulfonamides is 1. The van der Waals surface area contributed by atoms with Crippen LogP contribution >= 0.6 is 11.6 Å². The van der Waals surface area contributed by atoms with Crippen LogP contribution in [0.25, 0.3) is 0 Å². The number of benzene rings is 4. The van der Waals surface area contributed by atoms with Crippen molar-refractivity contribution in [3.8, 4) is 17.2 Å². The van der Waals surface area contributed by atoms with Crippen LogP contribution in [-0.4, -0.2) is 33.9 Å². The van der Waals surface area contributed by atoms with Crippen molar-refractivity contribution in [3.05, 3.63) is 112 Å². The Morgan fingerprint density at radius 2 is 1.62 bits per heavy atom. The third-order valence-electron chi connectivity index (χ3n) is 6.35. The number of nitrogens with zero attached hydrogens (tertiary/aromatic N) is 1. The number of hydrogen-bond donors (Lipinski definition) is 1. The molecule has 0 fully saturated rings. The number of hydrogen-bond acceptors (Lipinski definition) is 7. The highest BCUT2D eigenvalue weighted by atomic mass is 35.5. The van der Waals surface area contributed by atoms with Gasteiger partial charge >= 0.3 is 5.97 Å². The number of carbonyl (C=O) groups excluding carboxylic acids is 1. The molecular formula is C34H38ClFN2O6S. The lowest BCUT2D eigenvalue weighted by Gasteiger charge is -2.28. The minimum absolute atomic E-state index is 0.252. The van der Waals surface area contributed by atoms with Crippen molar-refractivity contribution in [3.63, 3.8) is 0 Å². The van der Waals surface area contributed by atoms with Crippen molar-refractivity contribution in [1.29, 1.82) is 0 Å². The summed E-state index contributed by atoms with van der Waals surface area (Å²) in [6.45, 7) is 8.18. The second-order valence-electron chi connectivity index (χ2n) is 9.70. The van der Waals surface area contributed by atoms with E-state index in [-0.39, 0.29) is 31.3 Å². The normalized spacial score (nSPS) is 10.7. The molecule has 0 aliphatic heterocycles. The molecule has 0 spiro atoms. The number of rotatable bonds is 13. The highest BCUT2D eigenvalue weighted by molar-refractivity contribution is 7.92. The van der Waals surface area contributed by atoms with Gasteiger partial charge < -0.3 is 19.1 Å². The molecule has 0 unspecified atom stereocenters. The predicted octanol–water partition coefficient (Wildman–Crippen LogP) is 8.13. The van der Waals surface area contributed by atoms with E-state index in [1.807, 2.05) is 43.9 Å². The van der Waals surface area contributed by atoms with E-state index in [1.54, 1.807) is 67.6 Å². The smallest absolute Gasteiger partial charge is 0.344 e. The molecule has 0 aliphatic carbocycles. The van der Waals surface area contributed by atoms with Crippen molar-refractivity contribution in [2.45, 2.75) is 40.8 Å². The van der Waals surface area contributed by atoms with Crippen molar-refractivity contribution in [2.24, 2.45) is 0 Å². The standard InChI is InChI=1S/C32H32ClFN2O6S.C2H6/c1-4-40-32(37)21-41-31-18-26(16-17-27(31)33)42-25-14-12-23(13-15-25)19-36(20-24-8-5-6-9-28(24)34)30-11-7-10-29(22(30)2)35-43(3,38)39;1-2/h5-18,35H,4,19-21H2,1-3H3;1-2H3. The van der Waals surface area contributed by atoms with Gasteiger partial charge in [0.05, 0.1) is 23.6 Å². The van der Waals surface area contributed by atoms with Gasteiger partial charge in [0, 0.05) is 30.4 Å². The monoisotopic (exact) mass is 656 g/mol. The van der Waals surface area contributed by atoms with Crippen LogP contribution in [0, 0.1) is 12.7 Å². The first-order valence-electron chi connectivity index (χ1n) is 14.4. The SMILES string of the molecule is CC.CCOC(=O)COc1cc(Oc2ccc(CN(Cc3ccccc3F)c3cccc(NS(C)(=O)=O)c3C)cc2)ccc1Cl. The lowest BCUT2D eigenvalue weighted by molar-refractivity contribution is -0.145. The van der Waals surface area contributed by atoms with E-state index < -0.39 is 16.0 Å². The van der Waals surface area contributed by atoms with Gasteiger partial charge in [-0.2, -0.15) is 0 Å². The van der Waals surface area contributed by atoms with Gasteiger partial charge in [-0.05, 0) is 67.4 Å². The molecule has 11 heteroatoms. The molecule has 4 aromatic rings. The van der Waals surface area contributed by atoms with Gasteiger partial charge in [-0.15, -0.1) is 0 Å². The molecule has 0 aliphatic rings. The van der Waals surface area contributed by atoms with Crippen molar-refractivity contribution in [1.82, 2.24) is 0 Å². The van der Waals surface area contributed by atoms with Crippen LogP contribution in [-0.2, 0) is 32.6 Å². The quantitative estimate of drug-likeness (QED) is 0.145. The fourth-order valence-electron chi connectivity index (χ4n) is 4.35. The zero-order valence-corrected chi connectivity index (χ0v) is 27.5. The lowest BCUT2D eigenvalue weighted by atomic mass is 10.1. The first-order chi connectivity index (χ1) is 21.5. The summed E-state index contributed by atoms with van der Waals surface area (Å²) in [5.41, 5.74) is 3.35. The van der Waals surface area contributed by atoms with Crippen molar-refractivity contribution in [2.75, 3.05) is 29.1 Å². The Balaban J connectivity index is 0.00000271. The number of carbonyl (C=O) groups is 1. The average molecular weight is 657 g/mol. The Bertz CT molecular complexity index is 1680. The van der Waals surface area contributed by atoms with Crippen LogP contribution < -0.4 is 19.1 Å². The van der Waals surface area contributed by atoms with Crippen LogP contribution in [0.15, 0.2) is 84.9 Å². The molecule has 0 heterocycles. The molecule has 8 nitrogen and oxygen atoms in total. The molecule has 4 aromatic carbocycles.